The number of amides is 1. The molecule has 3 rings (SSSR count). The van der Waals surface area contributed by atoms with E-state index in [0.29, 0.717) is 41.6 Å². The second-order valence-corrected chi connectivity index (χ2v) is 10.6. The van der Waals surface area contributed by atoms with E-state index in [1.165, 1.54) is 15.6 Å². The van der Waals surface area contributed by atoms with Gasteiger partial charge in [-0.05, 0) is 56.0 Å². The van der Waals surface area contributed by atoms with Crippen molar-refractivity contribution in [2.45, 2.75) is 30.4 Å². The third-order valence-corrected chi connectivity index (χ3v) is 8.24. The number of benzene rings is 1. The molecule has 1 fully saturated rings. The fourth-order valence-electron chi connectivity index (χ4n) is 3.22. The number of piperidine rings is 1. The summed E-state index contributed by atoms with van der Waals surface area (Å²) in [5, 5.41) is 3.61. The smallest absolute Gasteiger partial charge is 0.252 e. The molecule has 5 nitrogen and oxygen atoms in total. The largest absolute Gasteiger partial charge is 0.355 e. The third-order valence-electron chi connectivity index (χ3n) is 4.67. The van der Waals surface area contributed by atoms with Crippen molar-refractivity contribution in [3.63, 3.8) is 0 Å². The van der Waals surface area contributed by atoms with Crippen molar-refractivity contribution in [3.05, 3.63) is 51.9 Å². The number of nitrogens with one attached hydrogen (secondary N) is 1. The van der Waals surface area contributed by atoms with Crippen LogP contribution < -0.4 is 5.32 Å². The molecule has 0 unspecified atom stereocenters. The number of sulfonamides is 1. The van der Waals surface area contributed by atoms with Crippen LogP contribution in [0.1, 0.15) is 23.3 Å². The molecule has 1 aliphatic rings. The number of nitrogens with zero attached hydrogens (tertiary/aromatic N) is 1. The van der Waals surface area contributed by atoms with Crippen LogP contribution in [0.2, 0.25) is 5.02 Å². The lowest BCUT2D eigenvalue weighted by Gasteiger charge is -2.30. The van der Waals surface area contributed by atoms with Gasteiger partial charge in [-0.25, -0.2) is 8.42 Å². The summed E-state index contributed by atoms with van der Waals surface area (Å²) in [4.78, 5) is 13.5. The first kappa shape index (κ1) is 20.3. The Hall–Kier alpha value is -1.41. The van der Waals surface area contributed by atoms with Gasteiger partial charge in [-0.2, -0.15) is 4.31 Å². The molecule has 0 bridgehead atoms. The number of carbonyl (C=O) groups excluding carboxylic acids is 1. The molecule has 1 aliphatic heterocycles. The van der Waals surface area contributed by atoms with Gasteiger partial charge in [0.15, 0.2) is 0 Å². The number of hydrogen-bond acceptors (Lipinski definition) is 4. The summed E-state index contributed by atoms with van der Waals surface area (Å²) >= 11 is 7.24. The SMILES string of the molecule is Cc1ccc(S(=O)(=O)N2CCC[C@H](C(=O)NCCc3cccc(Cl)c3)C2)s1. The molecule has 0 saturated carbocycles. The molecule has 1 N–H and O–H groups in total. The predicted molar refractivity (Wildman–Crippen MR) is 109 cm³/mol. The molecule has 8 heteroatoms. The van der Waals surface area contributed by atoms with Gasteiger partial charge in [-0.1, -0.05) is 23.7 Å². The highest BCUT2D eigenvalue weighted by Gasteiger charge is 2.33. The van der Waals surface area contributed by atoms with Crippen molar-refractivity contribution in [2.75, 3.05) is 19.6 Å². The summed E-state index contributed by atoms with van der Waals surface area (Å²) in [6.07, 6.45) is 2.09. The summed E-state index contributed by atoms with van der Waals surface area (Å²) in [6, 6.07) is 11.0. The van der Waals surface area contributed by atoms with Crippen molar-refractivity contribution >= 4 is 38.9 Å². The van der Waals surface area contributed by atoms with Crippen LogP contribution in [0.3, 0.4) is 0 Å². The minimum Gasteiger partial charge on any atom is -0.355 e. The maximum absolute atomic E-state index is 12.8. The first-order valence-electron chi connectivity index (χ1n) is 8.95. The topological polar surface area (TPSA) is 66.5 Å². The molecule has 2 heterocycles. The normalized spacial score (nSPS) is 18.4. The second-order valence-electron chi connectivity index (χ2n) is 6.74. The molecule has 0 aliphatic carbocycles. The minimum atomic E-state index is -3.52. The summed E-state index contributed by atoms with van der Waals surface area (Å²) < 4.78 is 27.4. The van der Waals surface area contributed by atoms with Crippen LogP contribution in [0, 0.1) is 12.8 Å². The van der Waals surface area contributed by atoms with E-state index < -0.39 is 10.0 Å². The van der Waals surface area contributed by atoms with E-state index in [1.807, 2.05) is 37.3 Å². The van der Waals surface area contributed by atoms with E-state index in [1.54, 1.807) is 6.07 Å². The lowest BCUT2D eigenvalue weighted by Crippen LogP contribution is -2.45. The fourth-order valence-corrected chi connectivity index (χ4v) is 6.39. The van der Waals surface area contributed by atoms with Crippen LogP contribution in [0.15, 0.2) is 40.6 Å². The van der Waals surface area contributed by atoms with Gasteiger partial charge in [-0.15, -0.1) is 11.3 Å². The molecule has 1 aromatic carbocycles. The van der Waals surface area contributed by atoms with E-state index in [-0.39, 0.29) is 18.4 Å². The van der Waals surface area contributed by atoms with Crippen molar-refractivity contribution in [1.29, 1.82) is 0 Å². The second kappa shape index (κ2) is 8.73. The van der Waals surface area contributed by atoms with Gasteiger partial charge in [0.25, 0.3) is 10.0 Å². The fraction of sp³-hybridized carbons (Fsp3) is 0.421. The van der Waals surface area contributed by atoms with E-state index in [4.69, 9.17) is 11.6 Å². The summed E-state index contributed by atoms with van der Waals surface area (Å²) in [7, 11) is -3.52. The van der Waals surface area contributed by atoms with Crippen LogP contribution in [0.5, 0.6) is 0 Å². The first-order chi connectivity index (χ1) is 12.9. The third kappa shape index (κ3) is 5.10. The molecule has 0 radical (unpaired) electrons. The molecular weight excluding hydrogens is 404 g/mol. The number of thiophene rings is 1. The number of aryl methyl sites for hydroxylation is 1. The molecule has 1 aromatic heterocycles. The molecule has 1 saturated heterocycles. The highest BCUT2D eigenvalue weighted by molar-refractivity contribution is 7.91. The molecule has 1 amide bonds. The Labute approximate surface area is 169 Å². The number of rotatable bonds is 6. The Morgan fingerprint density at radius 3 is 2.85 bits per heavy atom. The van der Waals surface area contributed by atoms with Crippen LogP contribution in [-0.4, -0.2) is 38.3 Å². The number of carbonyl (C=O) groups is 1. The average Bonchev–Trinajstić information content (AvgIpc) is 3.09. The zero-order valence-corrected chi connectivity index (χ0v) is 17.5. The van der Waals surface area contributed by atoms with Gasteiger partial charge >= 0.3 is 0 Å². The Balaban J connectivity index is 1.56. The van der Waals surface area contributed by atoms with Crippen LogP contribution >= 0.6 is 22.9 Å². The van der Waals surface area contributed by atoms with E-state index in [9.17, 15) is 13.2 Å². The molecule has 146 valence electrons. The highest BCUT2D eigenvalue weighted by atomic mass is 35.5. The van der Waals surface area contributed by atoms with Gasteiger partial charge in [0.05, 0.1) is 5.92 Å². The number of halogens is 1. The van der Waals surface area contributed by atoms with Gasteiger partial charge in [0, 0.05) is 29.5 Å². The Morgan fingerprint density at radius 1 is 1.33 bits per heavy atom. The number of hydrogen-bond donors (Lipinski definition) is 1. The van der Waals surface area contributed by atoms with Gasteiger partial charge in [0.1, 0.15) is 4.21 Å². The molecule has 0 spiro atoms. The van der Waals surface area contributed by atoms with E-state index >= 15 is 0 Å². The molecule has 2 aromatic rings. The van der Waals surface area contributed by atoms with Gasteiger partial charge in [-0.3, -0.25) is 4.79 Å². The quantitative estimate of drug-likeness (QED) is 0.769. The first-order valence-corrected chi connectivity index (χ1v) is 11.6. The lowest BCUT2D eigenvalue weighted by atomic mass is 9.99. The molecule has 27 heavy (non-hydrogen) atoms. The monoisotopic (exact) mass is 426 g/mol. The van der Waals surface area contributed by atoms with E-state index in [2.05, 4.69) is 5.32 Å². The van der Waals surface area contributed by atoms with Crippen molar-refractivity contribution in [1.82, 2.24) is 9.62 Å². The summed E-state index contributed by atoms with van der Waals surface area (Å²) in [5.41, 5.74) is 1.06. The predicted octanol–water partition coefficient (Wildman–Crippen LogP) is 3.47. The van der Waals surface area contributed by atoms with Crippen LogP contribution in [0.25, 0.3) is 0 Å². The zero-order valence-electron chi connectivity index (χ0n) is 15.2. The minimum absolute atomic E-state index is 0.0840. The van der Waals surface area contributed by atoms with Crippen molar-refractivity contribution in [2.24, 2.45) is 5.92 Å². The zero-order chi connectivity index (χ0) is 19.4. The Kier molecular flexibility index (Phi) is 6.57. The maximum Gasteiger partial charge on any atom is 0.252 e. The summed E-state index contributed by atoms with van der Waals surface area (Å²) in [6.45, 7) is 3.09. The average molecular weight is 427 g/mol. The molecular formula is C19H23ClN2O3S2. The Bertz CT molecular complexity index is 911. The highest BCUT2D eigenvalue weighted by Crippen LogP contribution is 2.28. The van der Waals surface area contributed by atoms with E-state index in [0.717, 1.165) is 10.4 Å². The van der Waals surface area contributed by atoms with Crippen molar-refractivity contribution in [3.8, 4) is 0 Å². The standard InChI is InChI=1S/C19H23ClN2O3S2/c1-14-7-8-18(26-14)27(24,25)22-11-3-5-16(13-22)19(23)21-10-9-15-4-2-6-17(20)12-15/h2,4,6-8,12,16H,3,5,9-11,13H2,1H3,(H,21,23)/t16-/m0/s1. The van der Waals surface area contributed by atoms with Crippen LogP contribution in [0.4, 0.5) is 0 Å². The summed E-state index contributed by atoms with van der Waals surface area (Å²) in [5.74, 6) is -0.395. The van der Waals surface area contributed by atoms with Crippen molar-refractivity contribution < 1.29 is 13.2 Å². The Morgan fingerprint density at radius 2 is 2.15 bits per heavy atom. The maximum atomic E-state index is 12.8. The van der Waals surface area contributed by atoms with Crippen LogP contribution in [-0.2, 0) is 21.2 Å². The van der Waals surface area contributed by atoms with Gasteiger partial charge in [0.2, 0.25) is 5.91 Å². The lowest BCUT2D eigenvalue weighted by molar-refractivity contribution is -0.126. The molecule has 1 atom stereocenters. The van der Waals surface area contributed by atoms with Gasteiger partial charge < -0.3 is 5.32 Å².